The fraction of sp³-hybridized carbons (Fsp3) is 1.00. The average Bonchev–Trinajstić information content (AvgIpc) is 2.15. The van der Waals surface area contributed by atoms with Crippen LogP contribution >= 0.6 is 0 Å². The van der Waals surface area contributed by atoms with Gasteiger partial charge in [-0.25, -0.2) is 0 Å². The zero-order chi connectivity index (χ0) is 12.1. The van der Waals surface area contributed by atoms with Crippen LogP contribution in [0.4, 0.5) is 0 Å². The zero-order valence-electron chi connectivity index (χ0n) is 11.2. The van der Waals surface area contributed by atoms with E-state index in [-0.39, 0.29) is 6.10 Å². The summed E-state index contributed by atoms with van der Waals surface area (Å²) in [5.41, 5.74) is 0. The van der Waals surface area contributed by atoms with Gasteiger partial charge in [0, 0.05) is 25.7 Å². The van der Waals surface area contributed by atoms with Crippen molar-refractivity contribution in [2.45, 2.75) is 46.3 Å². The minimum atomic E-state index is -0.154. The lowest BCUT2D eigenvalue weighted by Crippen LogP contribution is -2.55. The van der Waals surface area contributed by atoms with Crippen molar-refractivity contribution < 1.29 is 5.11 Å². The molecule has 0 radical (unpaired) electrons. The summed E-state index contributed by atoms with van der Waals surface area (Å²) in [4.78, 5) is 2.46. The number of hydrogen-bond acceptors (Lipinski definition) is 3. The maximum absolute atomic E-state index is 10.1. The number of piperidine rings is 1. The highest BCUT2D eigenvalue weighted by molar-refractivity contribution is 4.86. The summed E-state index contributed by atoms with van der Waals surface area (Å²) in [6.45, 7) is 13.0. The van der Waals surface area contributed by atoms with Crippen molar-refractivity contribution in [2.24, 2.45) is 11.8 Å². The van der Waals surface area contributed by atoms with Gasteiger partial charge in [-0.1, -0.05) is 27.7 Å². The molecule has 3 nitrogen and oxygen atoms in total. The summed E-state index contributed by atoms with van der Waals surface area (Å²) in [7, 11) is 0. The van der Waals surface area contributed by atoms with Crippen LogP contribution < -0.4 is 5.32 Å². The van der Waals surface area contributed by atoms with E-state index in [9.17, 15) is 5.11 Å². The molecule has 1 fully saturated rings. The number of nitrogens with one attached hydrogen (secondary N) is 1. The zero-order valence-corrected chi connectivity index (χ0v) is 11.2. The largest absolute Gasteiger partial charge is 0.391 e. The summed E-state index contributed by atoms with van der Waals surface area (Å²) in [5, 5.41) is 13.5. The number of aliphatic hydroxyl groups is 1. The lowest BCUT2D eigenvalue weighted by atomic mass is 9.99. The first kappa shape index (κ1) is 13.9. The molecular formula is C13H28N2O. The monoisotopic (exact) mass is 228 g/mol. The van der Waals surface area contributed by atoms with Crippen LogP contribution in [0.2, 0.25) is 0 Å². The van der Waals surface area contributed by atoms with Crippen LogP contribution in [-0.4, -0.2) is 48.3 Å². The Hall–Kier alpha value is -0.120. The quantitative estimate of drug-likeness (QED) is 0.745. The van der Waals surface area contributed by atoms with Crippen molar-refractivity contribution in [1.82, 2.24) is 10.2 Å². The highest BCUT2D eigenvalue weighted by atomic mass is 16.3. The molecule has 2 atom stereocenters. The van der Waals surface area contributed by atoms with Crippen molar-refractivity contribution in [3.63, 3.8) is 0 Å². The Morgan fingerprint density at radius 2 is 1.75 bits per heavy atom. The van der Waals surface area contributed by atoms with Crippen molar-refractivity contribution >= 4 is 0 Å². The van der Waals surface area contributed by atoms with Crippen LogP contribution in [0.5, 0.6) is 0 Å². The lowest BCUT2D eigenvalue weighted by Gasteiger charge is -2.39. The molecule has 1 saturated heterocycles. The van der Waals surface area contributed by atoms with E-state index in [4.69, 9.17) is 0 Å². The molecule has 3 heteroatoms. The van der Waals surface area contributed by atoms with Gasteiger partial charge in [0.25, 0.3) is 0 Å². The molecule has 2 N–H and O–H groups in total. The summed E-state index contributed by atoms with van der Waals surface area (Å²) in [6.07, 6.45) is 0.732. The fourth-order valence-electron chi connectivity index (χ4n) is 2.48. The first-order chi connectivity index (χ1) is 7.50. The molecular weight excluding hydrogens is 200 g/mol. The van der Waals surface area contributed by atoms with E-state index in [2.05, 4.69) is 37.9 Å². The SMILES string of the molecule is CC(C)CN(CC(C)C)[C@H]1CNCC[C@@H]1O. The second kappa shape index (κ2) is 6.58. The highest BCUT2D eigenvalue weighted by Crippen LogP contribution is 2.15. The molecule has 0 bridgehead atoms. The average molecular weight is 228 g/mol. The van der Waals surface area contributed by atoms with Crippen LogP contribution in [0.1, 0.15) is 34.1 Å². The Morgan fingerprint density at radius 3 is 2.19 bits per heavy atom. The van der Waals surface area contributed by atoms with E-state index in [0.29, 0.717) is 17.9 Å². The minimum Gasteiger partial charge on any atom is -0.391 e. The third-order valence-corrected chi connectivity index (χ3v) is 3.08. The van der Waals surface area contributed by atoms with E-state index in [0.717, 1.165) is 32.6 Å². The number of rotatable bonds is 5. The molecule has 96 valence electrons. The molecule has 1 rings (SSSR count). The highest BCUT2D eigenvalue weighted by Gasteiger charge is 2.29. The molecule has 0 aliphatic carbocycles. The maximum atomic E-state index is 10.1. The van der Waals surface area contributed by atoms with E-state index in [1.807, 2.05) is 0 Å². The molecule has 0 aromatic rings. The molecule has 1 aliphatic rings. The predicted molar refractivity (Wildman–Crippen MR) is 68.5 cm³/mol. The van der Waals surface area contributed by atoms with Crippen LogP contribution in [0.3, 0.4) is 0 Å². The Balaban J connectivity index is 2.58. The third-order valence-electron chi connectivity index (χ3n) is 3.08. The van der Waals surface area contributed by atoms with Gasteiger partial charge in [-0.3, -0.25) is 4.90 Å². The molecule has 0 aromatic carbocycles. The summed E-state index contributed by atoms with van der Waals surface area (Å²) in [5.74, 6) is 1.32. The third kappa shape index (κ3) is 4.40. The number of hydrogen-bond donors (Lipinski definition) is 2. The molecule has 0 aromatic heterocycles. The van der Waals surface area contributed by atoms with Gasteiger partial charge in [-0.15, -0.1) is 0 Å². The smallest absolute Gasteiger partial charge is 0.0719 e. The predicted octanol–water partition coefficient (Wildman–Crippen LogP) is 1.32. The van der Waals surface area contributed by atoms with Crippen LogP contribution in [-0.2, 0) is 0 Å². The van der Waals surface area contributed by atoms with Gasteiger partial charge in [-0.2, -0.15) is 0 Å². The lowest BCUT2D eigenvalue weighted by molar-refractivity contribution is 0.0174. The van der Waals surface area contributed by atoms with E-state index < -0.39 is 0 Å². The first-order valence-electron chi connectivity index (χ1n) is 6.63. The summed E-state index contributed by atoms with van der Waals surface area (Å²) >= 11 is 0. The topological polar surface area (TPSA) is 35.5 Å². The second-order valence-corrected chi connectivity index (χ2v) is 5.87. The van der Waals surface area contributed by atoms with Gasteiger partial charge in [0.2, 0.25) is 0 Å². The van der Waals surface area contributed by atoms with Crippen molar-refractivity contribution in [2.75, 3.05) is 26.2 Å². The fourth-order valence-corrected chi connectivity index (χ4v) is 2.48. The molecule has 0 saturated carbocycles. The summed E-state index contributed by atoms with van der Waals surface area (Å²) in [6, 6.07) is 0.304. The van der Waals surface area contributed by atoms with Crippen LogP contribution in [0.25, 0.3) is 0 Å². The molecule has 1 aliphatic heterocycles. The minimum absolute atomic E-state index is 0.154. The Bertz CT molecular complexity index is 184. The van der Waals surface area contributed by atoms with E-state index in [1.54, 1.807) is 0 Å². The van der Waals surface area contributed by atoms with Crippen molar-refractivity contribution in [3.8, 4) is 0 Å². The maximum Gasteiger partial charge on any atom is 0.0719 e. The summed E-state index contributed by atoms with van der Waals surface area (Å²) < 4.78 is 0. The van der Waals surface area contributed by atoms with Gasteiger partial charge in [0.05, 0.1) is 6.10 Å². The molecule has 0 spiro atoms. The molecule has 0 unspecified atom stereocenters. The standard InChI is InChI=1S/C13H28N2O/c1-10(2)8-15(9-11(3)4)12-7-14-6-5-13(12)16/h10-14,16H,5-9H2,1-4H3/t12-,13-/m0/s1. The van der Waals surface area contributed by atoms with E-state index in [1.165, 1.54) is 0 Å². The molecule has 16 heavy (non-hydrogen) atoms. The van der Waals surface area contributed by atoms with Crippen LogP contribution in [0.15, 0.2) is 0 Å². The van der Waals surface area contributed by atoms with Crippen molar-refractivity contribution in [1.29, 1.82) is 0 Å². The Labute approximate surface area is 100 Å². The van der Waals surface area contributed by atoms with E-state index >= 15 is 0 Å². The van der Waals surface area contributed by atoms with Crippen molar-refractivity contribution in [3.05, 3.63) is 0 Å². The first-order valence-corrected chi connectivity index (χ1v) is 6.63. The van der Waals surface area contributed by atoms with Crippen LogP contribution in [0, 0.1) is 11.8 Å². The molecule has 1 heterocycles. The van der Waals surface area contributed by atoms with Gasteiger partial charge < -0.3 is 10.4 Å². The Morgan fingerprint density at radius 1 is 1.19 bits per heavy atom. The van der Waals surface area contributed by atoms with Gasteiger partial charge in [0.15, 0.2) is 0 Å². The van der Waals surface area contributed by atoms with Gasteiger partial charge in [-0.05, 0) is 24.8 Å². The van der Waals surface area contributed by atoms with Gasteiger partial charge >= 0.3 is 0 Å². The second-order valence-electron chi connectivity index (χ2n) is 5.87. The van der Waals surface area contributed by atoms with Gasteiger partial charge in [0.1, 0.15) is 0 Å². The number of aliphatic hydroxyl groups excluding tert-OH is 1. The normalized spacial score (nSPS) is 27.0. The Kier molecular flexibility index (Phi) is 5.73. The molecule has 0 amide bonds. The number of nitrogens with zero attached hydrogens (tertiary/aromatic N) is 1.